The molecule has 0 amide bonds. The molecule has 0 spiro atoms. The summed E-state index contributed by atoms with van der Waals surface area (Å²) < 4.78 is 2.11. The summed E-state index contributed by atoms with van der Waals surface area (Å²) in [7, 11) is 2.05. The molecule has 2 aromatic rings. The van der Waals surface area contributed by atoms with Gasteiger partial charge in [0.2, 0.25) is 0 Å². The normalized spacial score (nSPS) is 10.3. The molecule has 0 fully saturated rings. The van der Waals surface area contributed by atoms with Gasteiger partial charge in [-0.2, -0.15) is 0 Å². The highest BCUT2D eigenvalue weighted by molar-refractivity contribution is 5.51. The van der Waals surface area contributed by atoms with Gasteiger partial charge in [-0.15, -0.1) is 0 Å². The van der Waals surface area contributed by atoms with Gasteiger partial charge in [0.25, 0.3) is 0 Å². The minimum absolute atomic E-state index is 1.02. The van der Waals surface area contributed by atoms with Crippen molar-refractivity contribution in [1.82, 2.24) is 4.98 Å². The first-order chi connectivity index (χ1) is 7.18. The third kappa shape index (κ3) is 1.89. The highest BCUT2D eigenvalue weighted by atomic mass is 15.0. The summed E-state index contributed by atoms with van der Waals surface area (Å²) in [4.78, 5) is 4.57. The lowest BCUT2D eigenvalue weighted by molar-refractivity contribution is -0.669. The zero-order valence-electron chi connectivity index (χ0n) is 9.36. The van der Waals surface area contributed by atoms with Crippen LogP contribution in [0.25, 0.3) is 11.4 Å². The van der Waals surface area contributed by atoms with Crippen molar-refractivity contribution in [2.75, 3.05) is 0 Å². The molecule has 0 saturated carbocycles. The van der Waals surface area contributed by atoms with Crippen LogP contribution in [0.5, 0.6) is 0 Å². The molecule has 0 radical (unpaired) electrons. The zero-order valence-corrected chi connectivity index (χ0v) is 9.36. The molecule has 0 aliphatic heterocycles. The average Bonchev–Trinajstić information content (AvgIpc) is 2.24. The Morgan fingerprint density at radius 3 is 2.40 bits per heavy atom. The standard InChI is InChI=1S/C13H15N2/c1-10-9-11(2)15(3)13(14-10)12-7-5-4-6-8-12/h4-9H,1-3H3/q+1. The summed E-state index contributed by atoms with van der Waals surface area (Å²) in [6.07, 6.45) is 0. The minimum atomic E-state index is 1.02. The van der Waals surface area contributed by atoms with E-state index >= 15 is 0 Å². The molecule has 0 atom stereocenters. The molecular formula is C13H15N2+. The molecular weight excluding hydrogens is 184 g/mol. The second kappa shape index (κ2) is 3.81. The number of aromatic nitrogens is 2. The molecule has 1 aromatic heterocycles. The fourth-order valence-electron chi connectivity index (χ4n) is 1.69. The maximum atomic E-state index is 4.57. The molecule has 0 N–H and O–H groups in total. The van der Waals surface area contributed by atoms with Gasteiger partial charge in [0, 0.05) is 13.0 Å². The van der Waals surface area contributed by atoms with E-state index in [4.69, 9.17) is 0 Å². The van der Waals surface area contributed by atoms with Crippen LogP contribution in [0.4, 0.5) is 0 Å². The second-order valence-electron chi connectivity index (χ2n) is 3.79. The van der Waals surface area contributed by atoms with E-state index in [0.29, 0.717) is 0 Å². The number of aryl methyl sites for hydroxylation is 2. The van der Waals surface area contributed by atoms with E-state index < -0.39 is 0 Å². The Bertz CT molecular complexity index is 475. The molecule has 2 nitrogen and oxygen atoms in total. The largest absolute Gasteiger partial charge is 0.330 e. The van der Waals surface area contributed by atoms with Crippen LogP contribution >= 0.6 is 0 Å². The zero-order chi connectivity index (χ0) is 10.8. The Labute approximate surface area is 90.2 Å². The highest BCUT2D eigenvalue weighted by Crippen LogP contribution is 2.12. The Hall–Kier alpha value is -1.70. The van der Waals surface area contributed by atoms with Crippen molar-refractivity contribution in [2.24, 2.45) is 7.05 Å². The molecule has 0 bridgehead atoms. The smallest absolute Gasteiger partial charge is 0.230 e. The van der Waals surface area contributed by atoms with Crippen molar-refractivity contribution in [2.45, 2.75) is 13.8 Å². The SMILES string of the molecule is Cc1cc(C)[n+](C)c(-c2ccccc2)n1. The van der Waals surface area contributed by atoms with Crippen LogP contribution in [-0.2, 0) is 7.05 Å². The van der Waals surface area contributed by atoms with Gasteiger partial charge in [-0.3, -0.25) is 0 Å². The van der Waals surface area contributed by atoms with Crippen LogP contribution in [0.2, 0.25) is 0 Å². The maximum Gasteiger partial charge on any atom is 0.330 e. The fourth-order valence-corrected chi connectivity index (χ4v) is 1.69. The summed E-state index contributed by atoms with van der Waals surface area (Å²) in [5.74, 6) is 1.02. The number of hydrogen-bond acceptors (Lipinski definition) is 1. The van der Waals surface area contributed by atoms with E-state index in [1.807, 2.05) is 32.2 Å². The van der Waals surface area contributed by atoms with Crippen LogP contribution in [0.15, 0.2) is 36.4 Å². The van der Waals surface area contributed by atoms with Gasteiger partial charge in [-0.05, 0) is 24.0 Å². The van der Waals surface area contributed by atoms with Crippen molar-refractivity contribution in [1.29, 1.82) is 0 Å². The van der Waals surface area contributed by atoms with E-state index in [2.05, 4.69) is 34.7 Å². The molecule has 0 unspecified atom stereocenters. The van der Waals surface area contributed by atoms with Crippen molar-refractivity contribution < 1.29 is 4.57 Å². The minimum Gasteiger partial charge on any atom is -0.230 e. The summed E-state index contributed by atoms with van der Waals surface area (Å²) in [5, 5.41) is 0. The third-order valence-electron chi connectivity index (χ3n) is 2.58. The second-order valence-corrected chi connectivity index (χ2v) is 3.79. The topological polar surface area (TPSA) is 16.8 Å². The summed E-state index contributed by atoms with van der Waals surface area (Å²) in [5.41, 5.74) is 3.44. The van der Waals surface area contributed by atoms with Crippen molar-refractivity contribution in [3.05, 3.63) is 47.8 Å². The van der Waals surface area contributed by atoms with Gasteiger partial charge in [0.05, 0.1) is 12.6 Å². The molecule has 2 heteroatoms. The monoisotopic (exact) mass is 199 g/mol. The highest BCUT2D eigenvalue weighted by Gasteiger charge is 2.14. The quantitative estimate of drug-likeness (QED) is 0.643. The van der Waals surface area contributed by atoms with Crippen LogP contribution in [-0.4, -0.2) is 4.98 Å². The number of benzene rings is 1. The first-order valence-corrected chi connectivity index (χ1v) is 5.08. The molecule has 0 saturated heterocycles. The van der Waals surface area contributed by atoms with Gasteiger partial charge >= 0.3 is 5.82 Å². The lowest BCUT2D eigenvalue weighted by Crippen LogP contribution is -2.36. The molecule has 0 aliphatic carbocycles. The number of rotatable bonds is 1. The van der Waals surface area contributed by atoms with Gasteiger partial charge in [-0.1, -0.05) is 18.2 Å². The Kier molecular flexibility index (Phi) is 2.50. The van der Waals surface area contributed by atoms with Crippen LogP contribution in [0, 0.1) is 13.8 Å². The van der Waals surface area contributed by atoms with Gasteiger partial charge in [0.1, 0.15) is 5.69 Å². The molecule has 0 aliphatic rings. The van der Waals surface area contributed by atoms with Crippen LogP contribution in [0.1, 0.15) is 11.4 Å². The van der Waals surface area contributed by atoms with E-state index in [9.17, 15) is 0 Å². The first kappa shape index (κ1) is 9.84. The molecule has 1 aromatic carbocycles. The number of nitrogens with zero attached hydrogens (tertiary/aromatic N) is 2. The Morgan fingerprint density at radius 2 is 1.73 bits per heavy atom. The summed E-state index contributed by atoms with van der Waals surface area (Å²) in [6.45, 7) is 4.13. The molecule has 1 heterocycles. The fraction of sp³-hybridized carbons (Fsp3) is 0.231. The van der Waals surface area contributed by atoms with E-state index in [1.54, 1.807) is 0 Å². The Balaban J connectivity index is 2.63. The van der Waals surface area contributed by atoms with Crippen LogP contribution < -0.4 is 4.57 Å². The average molecular weight is 199 g/mol. The maximum absolute atomic E-state index is 4.57. The molecule has 2 rings (SSSR count). The molecule has 15 heavy (non-hydrogen) atoms. The summed E-state index contributed by atoms with van der Waals surface area (Å²) >= 11 is 0. The Morgan fingerprint density at radius 1 is 1.07 bits per heavy atom. The third-order valence-corrected chi connectivity index (χ3v) is 2.58. The van der Waals surface area contributed by atoms with Crippen molar-refractivity contribution in [3.8, 4) is 11.4 Å². The predicted molar refractivity (Wildman–Crippen MR) is 60.3 cm³/mol. The number of hydrogen-bond donors (Lipinski definition) is 0. The summed E-state index contributed by atoms with van der Waals surface area (Å²) in [6, 6.07) is 12.4. The van der Waals surface area contributed by atoms with Gasteiger partial charge < -0.3 is 0 Å². The lowest BCUT2D eigenvalue weighted by Gasteiger charge is -2.02. The van der Waals surface area contributed by atoms with E-state index in [-0.39, 0.29) is 0 Å². The van der Waals surface area contributed by atoms with E-state index in [1.165, 1.54) is 5.69 Å². The van der Waals surface area contributed by atoms with Gasteiger partial charge in [0.15, 0.2) is 5.69 Å². The lowest BCUT2D eigenvalue weighted by atomic mass is 10.2. The first-order valence-electron chi connectivity index (χ1n) is 5.08. The van der Waals surface area contributed by atoms with Crippen molar-refractivity contribution >= 4 is 0 Å². The van der Waals surface area contributed by atoms with Crippen molar-refractivity contribution in [3.63, 3.8) is 0 Å². The van der Waals surface area contributed by atoms with Crippen LogP contribution in [0.3, 0.4) is 0 Å². The van der Waals surface area contributed by atoms with E-state index in [0.717, 1.165) is 17.1 Å². The molecule has 76 valence electrons. The predicted octanol–water partition coefficient (Wildman–Crippen LogP) is 2.19. The van der Waals surface area contributed by atoms with Gasteiger partial charge in [-0.25, -0.2) is 4.57 Å².